The Morgan fingerprint density at radius 1 is 1.29 bits per heavy atom. The largest absolute Gasteiger partial charge is 0.312 e. The average Bonchev–Trinajstić information content (AvgIpc) is 3.38. The number of anilines is 2. The van der Waals surface area contributed by atoms with Crippen LogP contribution in [0.1, 0.15) is 25.3 Å². The number of benzene rings is 1. The zero-order valence-corrected chi connectivity index (χ0v) is 18.3. The Hall–Kier alpha value is -3.25. The number of carbonyl (C=O) groups excluding carboxylic acids is 2. The van der Waals surface area contributed by atoms with Crippen molar-refractivity contribution in [2.24, 2.45) is 5.41 Å². The molecule has 2 amide bonds. The number of hydrogen-bond donors (Lipinski definition) is 1. The van der Waals surface area contributed by atoms with Crippen molar-refractivity contribution < 1.29 is 9.59 Å². The van der Waals surface area contributed by atoms with E-state index in [4.69, 9.17) is 0 Å². The van der Waals surface area contributed by atoms with Gasteiger partial charge in [0.25, 0.3) is 0 Å². The van der Waals surface area contributed by atoms with Gasteiger partial charge in [-0.2, -0.15) is 11.3 Å². The predicted molar refractivity (Wildman–Crippen MR) is 126 cm³/mol. The summed E-state index contributed by atoms with van der Waals surface area (Å²) in [6.45, 7) is 6.40. The molecule has 1 aromatic carbocycles. The third kappa shape index (κ3) is 4.59. The molecule has 4 rings (SSSR count). The summed E-state index contributed by atoms with van der Waals surface area (Å²) >= 11 is 1.65. The molecular weight excluding hydrogens is 406 g/mol. The van der Waals surface area contributed by atoms with E-state index in [1.54, 1.807) is 40.6 Å². The third-order valence-electron chi connectivity index (χ3n) is 5.71. The number of aromatic nitrogens is 1. The van der Waals surface area contributed by atoms with Gasteiger partial charge in [0.05, 0.1) is 11.8 Å². The van der Waals surface area contributed by atoms with Gasteiger partial charge in [-0.05, 0) is 52.4 Å². The highest BCUT2D eigenvalue weighted by Gasteiger charge is 2.42. The van der Waals surface area contributed by atoms with Crippen LogP contribution < -0.4 is 10.2 Å². The number of allylic oxidation sites excluding steroid dienone is 1. The van der Waals surface area contributed by atoms with Crippen molar-refractivity contribution in [3.05, 3.63) is 77.6 Å². The first-order chi connectivity index (χ1) is 15.0. The second-order valence-electron chi connectivity index (χ2n) is 8.10. The first-order valence-electron chi connectivity index (χ1n) is 10.3. The molecule has 1 atom stereocenters. The molecule has 3 heterocycles. The Kier molecular flexibility index (Phi) is 6.00. The van der Waals surface area contributed by atoms with Gasteiger partial charge in [-0.15, -0.1) is 6.58 Å². The highest BCUT2D eigenvalue weighted by molar-refractivity contribution is 7.08. The van der Waals surface area contributed by atoms with Gasteiger partial charge in [-0.25, -0.2) is 4.98 Å². The summed E-state index contributed by atoms with van der Waals surface area (Å²) in [5.41, 5.74) is 3.53. The molecule has 158 valence electrons. The molecule has 1 saturated heterocycles. The highest BCUT2D eigenvalue weighted by Crippen LogP contribution is 2.38. The van der Waals surface area contributed by atoms with Crippen LogP contribution in [0.4, 0.5) is 11.5 Å². The van der Waals surface area contributed by atoms with E-state index in [9.17, 15) is 9.59 Å². The van der Waals surface area contributed by atoms with Crippen LogP contribution >= 0.6 is 11.3 Å². The van der Waals surface area contributed by atoms with Crippen molar-refractivity contribution in [2.75, 3.05) is 16.8 Å². The van der Waals surface area contributed by atoms with Crippen LogP contribution in [0.25, 0.3) is 11.1 Å². The Morgan fingerprint density at radius 3 is 2.94 bits per heavy atom. The maximum atomic E-state index is 12.9. The van der Waals surface area contributed by atoms with Crippen molar-refractivity contribution in [1.82, 2.24) is 4.98 Å². The van der Waals surface area contributed by atoms with Crippen molar-refractivity contribution in [3.63, 3.8) is 0 Å². The maximum absolute atomic E-state index is 12.9. The summed E-state index contributed by atoms with van der Waals surface area (Å²) < 4.78 is 0. The van der Waals surface area contributed by atoms with Gasteiger partial charge in [0.2, 0.25) is 11.8 Å². The van der Waals surface area contributed by atoms with Crippen LogP contribution in [0.2, 0.25) is 0 Å². The van der Waals surface area contributed by atoms with E-state index in [0.29, 0.717) is 18.8 Å². The number of nitrogens with zero attached hydrogens (tertiary/aromatic N) is 2. The Labute approximate surface area is 186 Å². The second-order valence-corrected chi connectivity index (χ2v) is 8.88. The Bertz CT molecular complexity index is 1110. The summed E-state index contributed by atoms with van der Waals surface area (Å²) in [5.74, 6) is 0.388. The number of carbonyl (C=O) groups is 2. The van der Waals surface area contributed by atoms with Gasteiger partial charge >= 0.3 is 0 Å². The summed E-state index contributed by atoms with van der Waals surface area (Å²) in [6.07, 6.45) is 5.11. The van der Waals surface area contributed by atoms with E-state index in [-0.39, 0.29) is 18.2 Å². The molecule has 1 fully saturated rings. The standard InChI is InChI=1S/C25H25N3O2S/c1-3-9-25(2)10-12-28(24(25)30)21-7-11-26-22(16-21)27-23(29)15-18-5-4-6-19(14-18)20-8-13-31-17-20/h3-8,11,13-14,16-17H,1,9-10,12,15H2,2H3,(H,26,27,29)/t25-/m1/s1. The third-order valence-corrected chi connectivity index (χ3v) is 6.40. The van der Waals surface area contributed by atoms with Crippen LogP contribution in [-0.4, -0.2) is 23.3 Å². The van der Waals surface area contributed by atoms with Gasteiger partial charge < -0.3 is 10.2 Å². The molecule has 0 spiro atoms. The molecule has 0 radical (unpaired) electrons. The van der Waals surface area contributed by atoms with Gasteiger partial charge in [0.1, 0.15) is 5.82 Å². The van der Waals surface area contributed by atoms with Gasteiger partial charge in [-0.3, -0.25) is 9.59 Å². The van der Waals surface area contributed by atoms with Crippen molar-refractivity contribution in [1.29, 1.82) is 0 Å². The molecule has 1 aliphatic rings. The SMILES string of the molecule is C=CC[C@]1(C)CCN(c2ccnc(NC(=O)Cc3cccc(-c4ccsc4)c3)c2)C1=O. The Balaban J connectivity index is 1.44. The first kappa shape index (κ1) is 21.0. The number of hydrogen-bond acceptors (Lipinski definition) is 4. The fourth-order valence-corrected chi connectivity index (χ4v) is 4.63. The van der Waals surface area contributed by atoms with E-state index < -0.39 is 5.41 Å². The lowest BCUT2D eigenvalue weighted by Crippen LogP contribution is -2.32. The zero-order valence-electron chi connectivity index (χ0n) is 17.5. The molecule has 5 nitrogen and oxygen atoms in total. The van der Waals surface area contributed by atoms with E-state index in [2.05, 4.69) is 28.3 Å². The maximum Gasteiger partial charge on any atom is 0.233 e. The minimum Gasteiger partial charge on any atom is -0.312 e. The van der Waals surface area contributed by atoms with E-state index in [1.165, 1.54) is 0 Å². The monoisotopic (exact) mass is 431 g/mol. The van der Waals surface area contributed by atoms with Crippen LogP contribution in [0.5, 0.6) is 0 Å². The molecular formula is C25H25N3O2S. The molecule has 1 aliphatic heterocycles. The highest BCUT2D eigenvalue weighted by atomic mass is 32.1. The van der Waals surface area contributed by atoms with Gasteiger partial charge in [0.15, 0.2) is 0 Å². The Morgan fingerprint density at radius 2 is 2.16 bits per heavy atom. The van der Waals surface area contributed by atoms with Crippen LogP contribution in [0, 0.1) is 5.41 Å². The smallest absolute Gasteiger partial charge is 0.233 e. The average molecular weight is 432 g/mol. The van der Waals surface area contributed by atoms with Crippen molar-refractivity contribution >= 4 is 34.7 Å². The van der Waals surface area contributed by atoms with Crippen molar-refractivity contribution in [2.45, 2.75) is 26.2 Å². The quantitative estimate of drug-likeness (QED) is 0.516. The number of nitrogens with one attached hydrogen (secondary N) is 1. The number of pyridine rings is 1. The molecule has 0 unspecified atom stereocenters. The molecule has 0 aliphatic carbocycles. The lowest BCUT2D eigenvalue weighted by molar-refractivity contribution is -0.124. The molecule has 6 heteroatoms. The van der Waals surface area contributed by atoms with Gasteiger partial charge in [-0.1, -0.05) is 37.3 Å². The molecule has 1 N–H and O–H groups in total. The number of rotatable bonds is 7. The minimum atomic E-state index is -0.415. The molecule has 0 saturated carbocycles. The minimum absolute atomic E-state index is 0.0844. The molecule has 3 aromatic rings. The van der Waals surface area contributed by atoms with E-state index in [0.717, 1.165) is 28.8 Å². The summed E-state index contributed by atoms with van der Waals surface area (Å²) in [4.78, 5) is 31.5. The fraction of sp³-hybridized carbons (Fsp3) is 0.240. The number of amides is 2. The molecule has 2 aromatic heterocycles. The van der Waals surface area contributed by atoms with Crippen LogP contribution in [-0.2, 0) is 16.0 Å². The topological polar surface area (TPSA) is 62.3 Å². The number of thiophene rings is 1. The zero-order chi connectivity index (χ0) is 21.8. The van der Waals surface area contributed by atoms with E-state index >= 15 is 0 Å². The normalized spacial score (nSPS) is 18.2. The molecule has 31 heavy (non-hydrogen) atoms. The lowest BCUT2D eigenvalue weighted by Gasteiger charge is -2.22. The van der Waals surface area contributed by atoms with Crippen LogP contribution in [0.3, 0.4) is 0 Å². The van der Waals surface area contributed by atoms with E-state index in [1.807, 2.05) is 36.6 Å². The molecule has 0 bridgehead atoms. The second kappa shape index (κ2) is 8.86. The van der Waals surface area contributed by atoms with Crippen LogP contribution in [0.15, 0.2) is 72.1 Å². The van der Waals surface area contributed by atoms with Gasteiger partial charge in [0, 0.05) is 24.5 Å². The lowest BCUT2D eigenvalue weighted by atomic mass is 9.85. The summed E-state index contributed by atoms with van der Waals surface area (Å²) in [6, 6.07) is 13.6. The predicted octanol–water partition coefficient (Wildman–Crippen LogP) is 5.31. The first-order valence-corrected chi connectivity index (χ1v) is 11.2. The van der Waals surface area contributed by atoms with Crippen molar-refractivity contribution in [3.8, 4) is 11.1 Å². The summed E-state index contributed by atoms with van der Waals surface area (Å²) in [7, 11) is 0. The fourth-order valence-electron chi connectivity index (χ4n) is 3.96. The summed E-state index contributed by atoms with van der Waals surface area (Å²) in [5, 5.41) is 7.00.